The molecule has 2 heterocycles. The summed E-state index contributed by atoms with van der Waals surface area (Å²) in [5.41, 5.74) is 1.88. The number of H-pyrrole nitrogens is 1. The van der Waals surface area contributed by atoms with E-state index in [0.29, 0.717) is 11.4 Å². The second-order valence-electron chi connectivity index (χ2n) is 5.06. The predicted molar refractivity (Wildman–Crippen MR) is 79.6 cm³/mol. The first kappa shape index (κ1) is 15.2. The molecule has 0 saturated heterocycles. The van der Waals surface area contributed by atoms with Crippen molar-refractivity contribution >= 4 is 5.91 Å². The summed E-state index contributed by atoms with van der Waals surface area (Å²) in [6.07, 6.45) is 4.25. The molecule has 0 fully saturated rings. The Hall–Kier alpha value is -2.21. The van der Waals surface area contributed by atoms with Crippen LogP contribution in [0.1, 0.15) is 30.8 Å². The van der Waals surface area contributed by atoms with Gasteiger partial charge in [-0.3, -0.25) is 14.9 Å². The zero-order valence-electron chi connectivity index (χ0n) is 12.2. The first-order valence-electron chi connectivity index (χ1n) is 7.03. The molecule has 6 nitrogen and oxygen atoms in total. The molecule has 0 radical (unpaired) electrons. The minimum Gasteiger partial charge on any atom is -0.394 e. The Kier molecular flexibility index (Phi) is 5.05. The van der Waals surface area contributed by atoms with Crippen molar-refractivity contribution in [3.63, 3.8) is 0 Å². The van der Waals surface area contributed by atoms with Crippen LogP contribution in [0.25, 0.3) is 11.3 Å². The molecule has 21 heavy (non-hydrogen) atoms. The van der Waals surface area contributed by atoms with Gasteiger partial charge >= 0.3 is 0 Å². The Bertz CT molecular complexity index is 582. The molecule has 0 aliphatic heterocycles. The van der Waals surface area contributed by atoms with Gasteiger partial charge in [-0.2, -0.15) is 5.10 Å². The third-order valence-electron chi connectivity index (χ3n) is 3.62. The van der Waals surface area contributed by atoms with E-state index in [0.717, 1.165) is 12.0 Å². The molecule has 0 bridgehead atoms. The molecule has 2 unspecified atom stereocenters. The first-order chi connectivity index (χ1) is 10.2. The van der Waals surface area contributed by atoms with Crippen molar-refractivity contribution in [3.8, 4) is 11.3 Å². The van der Waals surface area contributed by atoms with Gasteiger partial charge in [-0.1, -0.05) is 20.3 Å². The molecule has 2 aromatic rings. The standard InChI is InChI=1S/C15H20N4O2/c1-3-10(2)14(9-20)17-15(21)13-7-12(18-19-13)11-5-4-6-16-8-11/h4-8,10,14,20H,3,9H2,1-2H3,(H,17,21)(H,18,19). The molecule has 0 saturated carbocycles. The summed E-state index contributed by atoms with van der Waals surface area (Å²) in [7, 11) is 0. The number of amides is 1. The monoisotopic (exact) mass is 288 g/mol. The van der Waals surface area contributed by atoms with Crippen LogP contribution in [0.5, 0.6) is 0 Å². The third kappa shape index (κ3) is 3.66. The Morgan fingerprint density at radius 2 is 2.33 bits per heavy atom. The summed E-state index contributed by atoms with van der Waals surface area (Å²) in [6, 6.07) is 5.11. The fraction of sp³-hybridized carbons (Fsp3) is 0.400. The van der Waals surface area contributed by atoms with E-state index >= 15 is 0 Å². The highest BCUT2D eigenvalue weighted by Crippen LogP contribution is 2.16. The number of aliphatic hydroxyl groups is 1. The van der Waals surface area contributed by atoms with Gasteiger partial charge in [0.15, 0.2) is 0 Å². The highest BCUT2D eigenvalue weighted by atomic mass is 16.3. The van der Waals surface area contributed by atoms with Gasteiger partial charge in [-0.25, -0.2) is 0 Å². The lowest BCUT2D eigenvalue weighted by atomic mass is 10.00. The zero-order chi connectivity index (χ0) is 15.2. The molecular formula is C15H20N4O2. The number of rotatable bonds is 6. The minimum absolute atomic E-state index is 0.0790. The molecule has 6 heteroatoms. The van der Waals surface area contributed by atoms with Crippen LogP contribution < -0.4 is 5.32 Å². The molecule has 0 spiro atoms. The largest absolute Gasteiger partial charge is 0.394 e. The highest BCUT2D eigenvalue weighted by Gasteiger charge is 2.19. The van der Waals surface area contributed by atoms with Gasteiger partial charge in [0.2, 0.25) is 0 Å². The van der Waals surface area contributed by atoms with E-state index in [1.807, 2.05) is 26.0 Å². The van der Waals surface area contributed by atoms with Gasteiger partial charge in [-0.05, 0) is 24.1 Å². The second kappa shape index (κ2) is 6.99. The zero-order valence-corrected chi connectivity index (χ0v) is 12.2. The van der Waals surface area contributed by atoms with Gasteiger partial charge in [0, 0.05) is 18.0 Å². The first-order valence-corrected chi connectivity index (χ1v) is 7.03. The molecule has 2 rings (SSSR count). The van der Waals surface area contributed by atoms with Gasteiger partial charge in [0.25, 0.3) is 5.91 Å². The number of pyridine rings is 1. The SMILES string of the molecule is CCC(C)C(CO)NC(=O)c1cc(-c2cccnc2)n[nH]1. The summed E-state index contributed by atoms with van der Waals surface area (Å²) < 4.78 is 0. The maximum absolute atomic E-state index is 12.2. The molecule has 3 N–H and O–H groups in total. The second-order valence-corrected chi connectivity index (χ2v) is 5.06. The average Bonchev–Trinajstić information content (AvgIpc) is 3.02. The molecule has 112 valence electrons. The van der Waals surface area contributed by atoms with Gasteiger partial charge in [0.05, 0.1) is 18.3 Å². The Balaban J connectivity index is 2.09. The normalized spacial score (nSPS) is 13.7. The van der Waals surface area contributed by atoms with Crippen molar-refractivity contribution in [3.05, 3.63) is 36.3 Å². The quantitative estimate of drug-likeness (QED) is 0.753. The van der Waals surface area contributed by atoms with E-state index in [2.05, 4.69) is 20.5 Å². The maximum Gasteiger partial charge on any atom is 0.269 e. The maximum atomic E-state index is 12.2. The number of hydrogen-bond acceptors (Lipinski definition) is 4. The number of carbonyl (C=O) groups is 1. The average molecular weight is 288 g/mol. The third-order valence-corrected chi connectivity index (χ3v) is 3.62. The number of nitrogens with one attached hydrogen (secondary N) is 2. The molecule has 0 aromatic carbocycles. The Morgan fingerprint density at radius 1 is 1.52 bits per heavy atom. The van der Waals surface area contributed by atoms with Crippen LogP contribution in [-0.2, 0) is 0 Å². The molecule has 0 aliphatic carbocycles. The summed E-state index contributed by atoms with van der Waals surface area (Å²) in [5.74, 6) is -0.0587. The van der Waals surface area contributed by atoms with Gasteiger partial charge in [0.1, 0.15) is 5.69 Å². The molecule has 2 aromatic heterocycles. The number of carbonyl (C=O) groups excluding carboxylic acids is 1. The molecule has 0 aliphatic rings. The smallest absolute Gasteiger partial charge is 0.269 e. The van der Waals surface area contributed by atoms with Crippen LogP contribution in [0.2, 0.25) is 0 Å². The lowest BCUT2D eigenvalue weighted by Crippen LogP contribution is -2.42. The van der Waals surface area contributed by atoms with Crippen LogP contribution >= 0.6 is 0 Å². The predicted octanol–water partition coefficient (Wildman–Crippen LogP) is 1.61. The van der Waals surface area contributed by atoms with E-state index in [-0.39, 0.29) is 24.5 Å². The van der Waals surface area contributed by atoms with Crippen LogP contribution in [0.4, 0.5) is 0 Å². The summed E-state index contributed by atoms with van der Waals surface area (Å²) in [5, 5.41) is 19.0. The summed E-state index contributed by atoms with van der Waals surface area (Å²) in [6.45, 7) is 3.94. The van der Waals surface area contributed by atoms with Crippen LogP contribution in [0, 0.1) is 5.92 Å². The van der Waals surface area contributed by atoms with Crippen LogP contribution in [-0.4, -0.2) is 38.8 Å². The van der Waals surface area contributed by atoms with Crippen molar-refractivity contribution in [2.45, 2.75) is 26.3 Å². The lowest BCUT2D eigenvalue weighted by Gasteiger charge is -2.21. The van der Waals surface area contributed by atoms with E-state index in [9.17, 15) is 9.90 Å². The van der Waals surface area contributed by atoms with E-state index in [1.54, 1.807) is 18.5 Å². The number of aromatic nitrogens is 3. The number of aromatic amines is 1. The highest BCUT2D eigenvalue weighted by molar-refractivity contribution is 5.93. The van der Waals surface area contributed by atoms with Crippen LogP contribution in [0.3, 0.4) is 0 Å². The fourth-order valence-corrected chi connectivity index (χ4v) is 2.00. The molecular weight excluding hydrogens is 268 g/mol. The van der Waals surface area contributed by atoms with Gasteiger partial charge < -0.3 is 10.4 Å². The Morgan fingerprint density at radius 3 is 2.95 bits per heavy atom. The number of nitrogens with zero attached hydrogens (tertiary/aromatic N) is 2. The van der Waals surface area contributed by atoms with Crippen molar-refractivity contribution in [2.24, 2.45) is 5.92 Å². The van der Waals surface area contributed by atoms with Gasteiger partial charge in [-0.15, -0.1) is 0 Å². The Labute approximate surface area is 123 Å². The van der Waals surface area contributed by atoms with Crippen LogP contribution in [0.15, 0.2) is 30.6 Å². The number of hydrogen-bond donors (Lipinski definition) is 3. The van der Waals surface area contributed by atoms with E-state index in [4.69, 9.17) is 0 Å². The van der Waals surface area contributed by atoms with Crippen molar-refractivity contribution in [1.82, 2.24) is 20.5 Å². The summed E-state index contributed by atoms with van der Waals surface area (Å²) in [4.78, 5) is 16.2. The molecule has 1 amide bonds. The fourth-order valence-electron chi connectivity index (χ4n) is 2.00. The van der Waals surface area contributed by atoms with Crippen molar-refractivity contribution in [2.75, 3.05) is 6.61 Å². The van der Waals surface area contributed by atoms with E-state index in [1.165, 1.54) is 0 Å². The topological polar surface area (TPSA) is 90.9 Å². The number of aliphatic hydroxyl groups excluding tert-OH is 1. The summed E-state index contributed by atoms with van der Waals surface area (Å²) >= 11 is 0. The van der Waals surface area contributed by atoms with Crippen molar-refractivity contribution < 1.29 is 9.90 Å². The minimum atomic E-state index is -0.267. The van der Waals surface area contributed by atoms with E-state index < -0.39 is 0 Å². The van der Waals surface area contributed by atoms with Crippen molar-refractivity contribution in [1.29, 1.82) is 0 Å². The molecule has 2 atom stereocenters. The lowest BCUT2D eigenvalue weighted by molar-refractivity contribution is 0.0886.